The molecule has 2 fully saturated rings. The molecule has 1 aliphatic heterocycles. The number of nitrogens with zero attached hydrogens (tertiary/aromatic N) is 1. The number of hydrogen-bond acceptors (Lipinski definition) is 4. The summed E-state index contributed by atoms with van der Waals surface area (Å²) < 4.78 is 0. The quantitative estimate of drug-likeness (QED) is 0.739. The fourth-order valence-electron chi connectivity index (χ4n) is 2.41. The van der Waals surface area contributed by atoms with Crippen LogP contribution in [0.5, 0.6) is 0 Å². The van der Waals surface area contributed by atoms with E-state index < -0.39 is 0 Å². The van der Waals surface area contributed by atoms with Crippen molar-refractivity contribution in [1.29, 1.82) is 0 Å². The van der Waals surface area contributed by atoms with E-state index in [4.69, 9.17) is 0 Å². The smallest absolute Gasteiger partial charge is 0.0693 e. The first kappa shape index (κ1) is 11.7. The topological polar surface area (TPSA) is 35.5 Å². The molecule has 1 aliphatic carbocycles. The van der Waals surface area contributed by atoms with Crippen molar-refractivity contribution < 1.29 is 5.11 Å². The van der Waals surface area contributed by atoms with Gasteiger partial charge in [0.25, 0.3) is 0 Å². The second kappa shape index (κ2) is 6.09. The van der Waals surface area contributed by atoms with E-state index >= 15 is 0 Å². The molecule has 4 heteroatoms. The molecule has 1 saturated carbocycles. The van der Waals surface area contributed by atoms with Gasteiger partial charge in [0.1, 0.15) is 0 Å². The minimum absolute atomic E-state index is 0.0955. The second-order valence-corrected chi connectivity index (χ2v) is 5.74. The Morgan fingerprint density at radius 3 is 2.73 bits per heavy atom. The average Bonchev–Trinajstić information content (AvgIpc) is 2.66. The molecule has 2 N–H and O–H groups in total. The Morgan fingerprint density at radius 2 is 2.07 bits per heavy atom. The molecule has 15 heavy (non-hydrogen) atoms. The summed E-state index contributed by atoms with van der Waals surface area (Å²) in [5.74, 6) is 2.57. The van der Waals surface area contributed by atoms with E-state index in [0.29, 0.717) is 6.04 Å². The lowest BCUT2D eigenvalue weighted by Gasteiger charge is -2.27. The van der Waals surface area contributed by atoms with Crippen LogP contribution >= 0.6 is 11.8 Å². The van der Waals surface area contributed by atoms with Gasteiger partial charge in [-0.05, 0) is 19.3 Å². The third-order valence-corrected chi connectivity index (χ3v) is 4.36. The van der Waals surface area contributed by atoms with Gasteiger partial charge in [0.2, 0.25) is 0 Å². The van der Waals surface area contributed by atoms with Crippen LogP contribution in [0, 0.1) is 0 Å². The van der Waals surface area contributed by atoms with Crippen molar-refractivity contribution in [2.45, 2.75) is 31.4 Å². The molecule has 2 unspecified atom stereocenters. The molecule has 0 radical (unpaired) electrons. The average molecular weight is 230 g/mol. The number of nitrogens with one attached hydrogen (secondary N) is 1. The molecular weight excluding hydrogens is 208 g/mol. The number of rotatable bonds is 4. The van der Waals surface area contributed by atoms with E-state index in [0.717, 1.165) is 25.9 Å². The first-order valence-corrected chi connectivity index (χ1v) is 7.23. The van der Waals surface area contributed by atoms with Crippen LogP contribution in [0.25, 0.3) is 0 Å². The minimum atomic E-state index is -0.0955. The molecule has 3 nitrogen and oxygen atoms in total. The molecule has 0 bridgehead atoms. The van der Waals surface area contributed by atoms with Crippen LogP contribution in [0.4, 0.5) is 0 Å². The van der Waals surface area contributed by atoms with Crippen LogP contribution < -0.4 is 5.32 Å². The first-order chi connectivity index (χ1) is 7.36. The Bertz CT molecular complexity index is 185. The van der Waals surface area contributed by atoms with Crippen molar-refractivity contribution in [1.82, 2.24) is 10.2 Å². The summed E-state index contributed by atoms with van der Waals surface area (Å²) >= 11 is 2.06. The number of hydrogen-bond donors (Lipinski definition) is 2. The highest BCUT2D eigenvalue weighted by atomic mass is 32.2. The van der Waals surface area contributed by atoms with Crippen molar-refractivity contribution in [3.05, 3.63) is 0 Å². The Labute approximate surface area is 96.6 Å². The summed E-state index contributed by atoms with van der Waals surface area (Å²) in [7, 11) is 0. The maximum atomic E-state index is 9.65. The molecule has 1 heterocycles. The van der Waals surface area contributed by atoms with Gasteiger partial charge in [-0.25, -0.2) is 0 Å². The second-order valence-electron chi connectivity index (χ2n) is 4.51. The third-order valence-electron chi connectivity index (χ3n) is 3.42. The zero-order valence-electron chi connectivity index (χ0n) is 9.32. The third kappa shape index (κ3) is 3.63. The molecule has 0 aromatic rings. The van der Waals surface area contributed by atoms with Crippen LogP contribution in [-0.4, -0.2) is 59.8 Å². The molecule has 2 rings (SSSR count). The number of thioether (sulfide) groups is 1. The summed E-state index contributed by atoms with van der Waals surface area (Å²) in [5.41, 5.74) is 0. The molecule has 88 valence electrons. The van der Waals surface area contributed by atoms with Gasteiger partial charge in [-0.2, -0.15) is 11.8 Å². The zero-order chi connectivity index (χ0) is 10.5. The molecule has 0 spiro atoms. The van der Waals surface area contributed by atoms with Gasteiger partial charge in [-0.15, -0.1) is 0 Å². The largest absolute Gasteiger partial charge is 0.392 e. The van der Waals surface area contributed by atoms with E-state index in [9.17, 15) is 5.11 Å². The molecule has 2 atom stereocenters. The van der Waals surface area contributed by atoms with Crippen molar-refractivity contribution in [3.8, 4) is 0 Å². The predicted octanol–water partition coefficient (Wildman–Crippen LogP) is 0.538. The lowest BCUT2D eigenvalue weighted by atomic mass is 10.2. The molecule has 0 aromatic carbocycles. The van der Waals surface area contributed by atoms with E-state index in [2.05, 4.69) is 22.0 Å². The maximum Gasteiger partial charge on any atom is 0.0693 e. The fraction of sp³-hybridized carbons (Fsp3) is 1.00. The lowest BCUT2D eigenvalue weighted by Crippen LogP contribution is -2.42. The van der Waals surface area contributed by atoms with Gasteiger partial charge in [0.05, 0.1) is 6.10 Å². The van der Waals surface area contributed by atoms with Crippen molar-refractivity contribution in [3.63, 3.8) is 0 Å². The van der Waals surface area contributed by atoms with Gasteiger partial charge in [-0.1, -0.05) is 0 Å². The first-order valence-electron chi connectivity index (χ1n) is 6.08. The monoisotopic (exact) mass is 230 g/mol. The molecule has 0 aromatic heterocycles. The minimum Gasteiger partial charge on any atom is -0.392 e. The van der Waals surface area contributed by atoms with Crippen LogP contribution in [-0.2, 0) is 0 Å². The highest BCUT2D eigenvalue weighted by Gasteiger charge is 2.24. The summed E-state index contributed by atoms with van der Waals surface area (Å²) in [6.45, 7) is 4.65. The standard InChI is InChI=1S/C11H22N2OS/c14-11-3-1-2-10(11)12-4-5-13-6-8-15-9-7-13/h10-12,14H,1-9H2. The summed E-state index contributed by atoms with van der Waals surface area (Å²) in [5, 5.41) is 13.1. The molecular formula is C11H22N2OS. The summed E-state index contributed by atoms with van der Waals surface area (Å²) in [6.07, 6.45) is 3.22. The van der Waals surface area contributed by atoms with E-state index in [-0.39, 0.29) is 6.10 Å². The van der Waals surface area contributed by atoms with Crippen LogP contribution in [0.15, 0.2) is 0 Å². The Morgan fingerprint density at radius 1 is 1.27 bits per heavy atom. The highest BCUT2D eigenvalue weighted by molar-refractivity contribution is 7.99. The lowest BCUT2D eigenvalue weighted by molar-refractivity contribution is 0.147. The van der Waals surface area contributed by atoms with Gasteiger partial charge in [0.15, 0.2) is 0 Å². The van der Waals surface area contributed by atoms with Crippen LogP contribution in [0.2, 0.25) is 0 Å². The Kier molecular flexibility index (Phi) is 4.75. The van der Waals surface area contributed by atoms with Crippen LogP contribution in [0.1, 0.15) is 19.3 Å². The SMILES string of the molecule is OC1CCCC1NCCN1CCSCC1. The number of aliphatic hydroxyl groups is 1. The predicted molar refractivity (Wildman–Crippen MR) is 65.4 cm³/mol. The molecule has 1 saturated heterocycles. The van der Waals surface area contributed by atoms with Crippen molar-refractivity contribution in [2.24, 2.45) is 0 Å². The van der Waals surface area contributed by atoms with E-state index in [1.807, 2.05) is 0 Å². The zero-order valence-corrected chi connectivity index (χ0v) is 10.1. The van der Waals surface area contributed by atoms with Gasteiger partial charge >= 0.3 is 0 Å². The van der Waals surface area contributed by atoms with Crippen LogP contribution in [0.3, 0.4) is 0 Å². The van der Waals surface area contributed by atoms with Crippen molar-refractivity contribution >= 4 is 11.8 Å². The Hall–Kier alpha value is 0.230. The number of aliphatic hydroxyl groups excluding tert-OH is 1. The Balaban J connectivity index is 1.57. The van der Waals surface area contributed by atoms with Gasteiger partial charge < -0.3 is 15.3 Å². The molecule has 0 amide bonds. The molecule has 2 aliphatic rings. The normalized spacial score (nSPS) is 33.4. The van der Waals surface area contributed by atoms with E-state index in [1.54, 1.807) is 0 Å². The highest BCUT2D eigenvalue weighted by Crippen LogP contribution is 2.18. The summed E-state index contributed by atoms with van der Waals surface area (Å²) in [6, 6.07) is 0.365. The van der Waals surface area contributed by atoms with E-state index in [1.165, 1.54) is 31.0 Å². The maximum absolute atomic E-state index is 9.65. The van der Waals surface area contributed by atoms with Gasteiger partial charge in [-0.3, -0.25) is 0 Å². The van der Waals surface area contributed by atoms with Crippen molar-refractivity contribution in [2.75, 3.05) is 37.7 Å². The summed E-state index contributed by atoms with van der Waals surface area (Å²) in [4.78, 5) is 2.52. The van der Waals surface area contributed by atoms with Gasteiger partial charge in [0, 0.05) is 43.7 Å². The fourth-order valence-corrected chi connectivity index (χ4v) is 3.39.